The predicted octanol–water partition coefficient (Wildman–Crippen LogP) is 2.54. The Morgan fingerprint density at radius 1 is 1.26 bits per heavy atom. The maximum Gasteiger partial charge on any atom is 0.251 e. The molecule has 1 aliphatic rings. The van der Waals surface area contributed by atoms with Crippen LogP contribution >= 0.6 is 12.4 Å². The summed E-state index contributed by atoms with van der Waals surface area (Å²) in [5.74, 6) is 0.0436. The van der Waals surface area contributed by atoms with Gasteiger partial charge in [0.25, 0.3) is 5.91 Å². The molecule has 1 aromatic carbocycles. The van der Waals surface area contributed by atoms with Crippen LogP contribution in [0.4, 0.5) is 0 Å². The fraction of sp³-hybridized carbons (Fsp3) is 0.533. The molecule has 3 nitrogen and oxygen atoms in total. The van der Waals surface area contributed by atoms with E-state index in [-0.39, 0.29) is 23.9 Å². The monoisotopic (exact) mass is 282 g/mol. The number of carbonyl (C=O) groups is 1. The third-order valence-electron chi connectivity index (χ3n) is 3.75. The van der Waals surface area contributed by atoms with Crippen LogP contribution in [0.1, 0.15) is 42.6 Å². The van der Waals surface area contributed by atoms with E-state index in [4.69, 9.17) is 0 Å². The average molecular weight is 283 g/mol. The molecule has 1 heterocycles. The molecule has 0 bridgehead atoms. The highest BCUT2D eigenvalue weighted by atomic mass is 35.5. The molecule has 19 heavy (non-hydrogen) atoms. The van der Waals surface area contributed by atoms with Crippen LogP contribution in [0.5, 0.6) is 0 Å². The second-order valence-electron chi connectivity index (χ2n) is 5.32. The van der Waals surface area contributed by atoms with Gasteiger partial charge in [-0.15, -0.1) is 12.4 Å². The molecule has 106 valence electrons. The number of nitrogens with one attached hydrogen (secondary N) is 2. The van der Waals surface area contributed by atoms with Gasteiger partial charge >= 0.3 is 0 Å². The molecule has 2 rings (SSSR count). The molecule has 0 aromatic heterocycles. The fourth-order valence-electron chi connectivity index (χ4n) is 2.34. The highest BCUT2D eigenvalue weighted by molar-refractivity contribution is 5.94. The largest absolute Gasteiger partial charge is 0.347 e. The molecule has 1 saturated heterocycles. The molecule has 1 fully saturated rings. The van der Waals surface area contributed by atoms with Crippen molar-refractivity contribution >= 4 is 18.3 Å². The number of halogens is 1. The van der Waals surface area contributed by atoms with Crippen LogP contribution in [-0.4, -0.2) is 24.5 Å². The molecule has 2 N–H and O–H groups in total. The number of rotatable bonds is 3. The van der Waals surface area contributed by atoms with Crippen molar-refractivity contribution in [2.45, 2.75) is 38.6 Å². The van der Waals surface area contributed by atoms with Gasteiger partial charge in [0.15, 0.2) is 0 Å². The van der Waals surface area contributed by atoms with E-state index in [9.17, 15) is 4.79 Å². The Hall–Kier alpha value is -1.06. The fourth-order valence-corrected chi connectivity index (χ4v) is 2.34. The lowest BCUT2D eigenvalue weighted by molar-refractivity contribution is 0.0887. The lowest BCUT2D eigenvalue weighted by Crippen LogP contribution is -2.52. The molecular weight excluding hydrogens is 260 g/mol. The molecule has 1 amide bonds. The van der Waals surface area contributed by atoms with E-state index in [0.29, 0.717) is 0 Å². The molecule has 0 saturated carbocycles. The Balaban J connectivity index is 0.00000180. The molecule has 1 aliphatic heterocycles. The van der Waals surface area contributed by atoms with E-state index >= 15 is 0 Å². The van der Waals surface area contributed by atoms with Gasteiger partial charge in [-0.3, -0.25) is 4.79 Å². The summed E-state index contributed by atoms with van der Waals surface area (Å²) in [7, 11) is 0. The summed E-state index contributed by atoms with van der Waals surface area (Å²) in [6.45, 7) is 6.20. The molecule has 0 radical (unpaired) electrons. The Kier molecular flexibility index (Phi) is 5.83. The quantitative estimate of drug-likeness (QED) is 0.895. The number of carbonyl (C=O) groups excluding carboxylic acids is 1. The Labute approximate surface area is 121 Å². The van der Waals surface area contributed by atoms with Crippen LogP contribution in [0.25, 0.3) is 0 Å². The third kappa shape index (κ3) is 4.22. The van der Waals surface area contributed by atoms with Crippen molar-refractivity contribution in [3.63, 3.8) is 0 Å². The van der Waals surface area contributed by atoms with Crippen LogP contribution in [0.15, 0.2) is 24.3 Å². The molecule has 0 unspecified atom stereocenters. The number of amides is 1. The van der Waals surface area contributed by atoms with E-state index in [1.54, 1.807) is 0 Å². The van der Waals surface area contributed by atoms with Crippen LogP contribution in [0.3, 0.4) is 0 Å². The summed E-state index contributed by atoms with van der Waals surface area (Å²) in [5, 5.41) is 6.49. The summed E-state index contributed by atoms with van der Waals surface area (Å²) in [5.41, 5.74) is 1.96. The SMILES string of the molecule is CCc1ccc(C(=O)NC2(C)CCNCC2)cc1.Cl. The standard InChI is InChI=1S/C15H22N2O.ClH/c1-3-12-4-6-13(7-5-12)14(18)17-15(2)8-10-16-11-9-15;/h4-7,16H,3,8-11H2,1-2H3,(H,17,18);1H. The first-order valence-electron chi connectivity index (χ1n) is 6.75. The number of piperidine rings is 1. The van der Waals surface area contributed by atoms with Crippen LogP contribution in [0, 0.1) is 0 Å². The van der Waals surface area contributed by atoms with Gasteiger partial charge in [-0.25, -0.2) is 0 Å². The highest BCUT2D eigenvalue weighted by Crippen LogP contribution is 2.18. The van der Waals surface area contributed by atoms with Crippen molar-refractivity contribution in [2.75, 3.05) is 13.1 Å². The minimum absolute atomic E-state index is 0. The van der Waals surface area contributed by atoms with E-state index < -0.39 is 0 Å². The Morgan fingerprint density at radius 2 is 1.84 bits per heavy atom. The van der Waals surface area contributed by atoms with Gasteiger partial charge in [-0.2, -0.15) is 0 Å². The maximum absolute atomic E-state index is 12.2. The summed E-state index contributed by atoms with van der Waals surface area (Å²) < 4.78 is 0. The summed E-state index contributed by atoms with van der Waals surface area (Å²) in [4.78, 5) is 12.2. The molecule has 0 aliphatic carbocycles. The smallest absolute Gasteiger partial charge is 0.251 e. The van der Waals surface area contributed by atoms with Gasteiger partial charge in [0.2, 0.25) is 0 Å². The van der Waals surface area contributed by atoms with E-state index in [1.807, 2.05) is 24.3 Å². The zero-order chi connectivity index (χ0) is 13.0. The van der Waals surface area contributed by atoms with Crippen molar-refractivity contribution in [2.24, 2.45) is 0 Å². The van der Waals surface area contributed by atoms with Gasteiger partial charge in [0.1, 0.15) is 0 Å². The average Bonchev–Trinajstić information content (AvgIpc) is 2.39. The second kappa shape index (κ2) is 6.92. The third-order valence-corrected chi connectivity index (χ3v) is 3.75. The van der Waals surface area contributed by atoms with Crippen LogP contribution in [0.2, 0.25) is 0 Å². The lowest BCUT2D eigenvalue weighted by atomic mass is 9.90. The molecule has 1 aromatic rings. The van der Waals surface area contributed by atoms with Gasteiger partial charge in [0.05, 0.1) is 0 Å². The van der Waals surface area contributed by atoms with Gasteiger partial charge in [-0.05, 0) is 57.0 Å². The van der Waals surface area contributed by atoms with Gasteiger partial charge in [0, 0.05) is 11.1 Å². The van der Waals surface area contributed by atoms with Crippen molar-refractivity contribution < 1.29 is 4.79 Å². The van der Waals surface area contributed by atoms with Crippen LogP contribution < -0.4 is 10.6 Å². The first-order valence-corrected chi connectivity index (χ1v) is 6.75. The number of aryl methyl sites for hydroxylation is 1. The lowest BCUT2D eigenvalue weighted by Gasteiger charge is -2.35. The summed E-state index contributed by atoms with van der Waals surface area (Å²) in [6, 6.07) is 7.89. The molecule has 0 spiro atoms. The van der Waals surface area contributed by atoms with Crippen molar-refractivity contribution in [1.82, 2.24) is 10.6 Å². The Morgan fingerprint density at radius 3 is 2.37 bits per heavy atom. The minimum Gasteiger partial charge on any atom is -0.347 e. The van der Waals surface area contributed by atoms with Crippen molar-refractivity contribution in [3.8, 4) is 0 Å². The number of hydrogen-bond donors (Lipinski definition) is 2. The number of benzene rings is 1. The number of hydrogen-bond acceptors (Lipinski definition) is 2. The molecular formula is C15H23ClN2O. The first kappa shape index (κ1) is 16.0. The van der Waals surface area contributed by atoms with E-state index in [2.05, 4.69) is 24.5 Å². The van der Waals surface area contributed by atoms with E-state index in [0.717, 1.165) is 37.9 Å². The molecule has 0 atom stereocenters. The van der Waals surface area contributed by atoms with E-state index in [1.165, 1.54) is 5.56 Å². The normalized spacial score (nSPS) is 17.4. The topological polar surface area (TPSA) is 41.1 Å². The van der Waals surface area contributed by atoms with Crippen molar-refractivity contribution in [1.29, 1.82) is 0 Å². The maximum atomic E-state index is 12.2. The Bertz CT molecular complexity index is 411. The van der Waals surface area contributed by atoms with Gasteiger partial charge < -0.3 is 10.6 Å². The highest BCUT2D eigenvalue weighted by Gasteiger charge is 2.28. The van der Waals surface area contributed by atoms with Gasteiger partial charge in [-0.1, -0.05) is 19.1 Å². The first-order chi connectivity index (χ1) is 8.63. The van der Waals surface area contributed by atoms with Crippen molar-refractivity contribution in [3.05, 3.63) is 35.4 Å². The van der Waals surface area contributed by atoms with Crippen LogP contribution in [-0.2, 0) is 6.42 Å². The summed E-state index contributed by atoms with van der Waals surface area (Å²) in [6.07, 6.45) is 2.99. The minimum atomic E-state index is -0.0637. The zero-order valence-electron chi connectivity index (χ0n) is 11.7. The zero-order valence-corrected chi connectivity index (χ0v) is 12.5. The predicted molar refractivity (Wildman–Crippen MR) is 81.0 cm³/mol. The molecule has 4 heteroatoms. The second-order valence-corrected chi connectivity index (χ2v) is 5.32. The summed E-state index contributed by atoms with van der Waals surface area (Å²) >= 11 is 0.